The lowest BCUT2D eigenvalue weighted by molar-refractivity contribution is 0.286. The molecule has 7 heteroatoms. The smallest absolute Gasteiger partial charge is 0.142 e. The Balaban J connectivity index is 2.61. The Hall–Kier alpha value is -2.82. The third-order valence-electron chi connectivity index (χ3n) is 3.45. The topological polar surface area (TPSA) is 102 Å². The molecule has 0 spiro atoms. The van der Waals surface area contributed by atoms with Crippen molar-refractivity contribution in [3.05, 3.63) is 47.8 Å². The summed E-state index contributed by atoms with van der Waals surface area (Å²) in [7, 11) is 3.41. The number of benzene rings is 1. The quantitative estimate of drug-likeness (QED) is 0.259. The number of nitrogens with one attached hydrogen (secondary N) is 3. The summed E-state index contributed by atoms with van der Waals surface area (Å²) in [5.74, 6) is 0.714. The van der Waals surface area contributed by atoms with Crippen molar-refractivity contribution in [2.75, 3.05) is 39.3 Å². The number of anilines is 1. The molecule has 0 fully saturated rings. The van der Waals surface area contributed by atoms with E-state index in [0.29, 0.717) is 30.8 Å². The minimum absolute atomic E-state index is 0.173. The maximum Gasteiger partial charge on any atom is 0.142 e. The summed E-state index contributed by atoms with van der Waals surface area (Å²) in [4.78, 5) is 4.21. The summed E-state index contributed by atoms with van der Waals surface area (Å²) in [6.45, 7) is 1.39. The molecule has 0 bridgehead atoms. The first-order valence-corrected chi connectivity index (χ1v) is 8.42. The number of nitriles is 1. The number of allylic oxidation sites excluding steroid dienone is 2. The first-order valence-electron chi connectivity index (χ1n) is 8.42. The minimum Gasteiger partial charge on any atom is -0.495 e. The highest BCUT2D eigenvalue weighted by Gasteiger charge is 2.02. The van der Waals surface area contributed by atoms with Crippen LogP contribution >= 0.6 is 0 Å². The number of aliphatic hydroxyl groups is 1. The lowest BCUT2D eigenvalue weighted by Crippen LogP contribution is -2.16. The van der Waals surface area contributed by atoms with Gasteiger partial charge in [-0.25, -0.2) is 0 Å². The van der Waals surface area contributed by atoms with Gasteiger partial charge in [0.05, 0.1) is 31.1 Å². The molecule has 0 unspecified atom stereocenters. The Kier molecular flexibility index (Phi) is 11.0. The molecule has 0 aliphatic rings. The van der Waals surface area contributed by atoms with Crippen LogP contribution in [0.5, 0.6) is 5.75 Å². The molecule has 1 rings (SSSR count). The van der Waals surface area contributed by atoms with Crippen molar-refractivity contribution in [1.29, 1.82) is 5.26 Å². The summed E-state index contributed by atoms with van der Waals surface area (Å²) >= 11 is 0. The zero-order valence-electron chi connectivity index (χ0n) is 15.3. The van der Waals surface area contributed by atoms with E-state index in [9.17, 15) is 5.26 Å². The van der Waals surface area contributed by atoms with Crippen LogP contribution in [0.2, 0.25) is 0 Å². The summed E-state index contributed by atoms with van der Waals surface area (Å²) < 4.78 is 5.28. The number of aliphatic hydroxyl groups excluding tert-OH is 1. The molecule has 0 amide bonds. The van der Waals surface area contributed by atoms with Crippen molar-refractivity contribution in [2.24, 2.45) is 4.99 Å². The van der Waals surface area contributed by atoms with Gasteiger partial charge < -0.3 is 20.5 Å². The van der Waals surface area contributed by atoms with Gasteiger partial charge in [0.25, 0.3) is 0 Å². The molecular formula is C19H27N5O2. The second-order valence-corrected chi connectivity index (χ2v) is 5.31. The second kappa shape index (κ2) is 13.5. The first kappa shape index (κ1) is 21.2. The molecule has 26 heavy (non-hydrogen) atoms. The van der Waals surface area contributed by atoms with Gasteiger partial charge in [0.1, 0.15) is 5.75 Å². The predicted octanol–water partition coefficient (Wildman–Crippen LogP) is 2.01. The van der Waals surface area contributed by atoms with E-state index in [0.717, 1.165) is 17.9 Å². The molecule has 0 saturated carbocycles. The van der Waals surface area contributed by atoms with Crippen LogP contribution in [0.3, 0.4) is 0 Å². The van der Waals surface area contributed by atoms with E-state index in [1.807, 2.05) is 37.4 Å². The van der Waals surface area contributed by atoms with Crippen LogP contribution in [0.4, 0.5) is 5.69 Å². The zero-order chi connectivity index (χ0) is 19.0. The lowest BCUT2D eigenvalue weighted by atomic mass is 10.1. The predicted molar refractivity (Wildman–Crippen MR) is 105 cm³/mol. The van der Waals surface area contributed by atoms with Gasteiger partial charge in [0.15, 0.2) is 0 Å². The molecule has 1 aromatic carbocycles. The van der Waals surface area contributed by atoms with Crippen molar-refractivity contribution in [2.45, 2.75) is 12.8 Å². The van der Waals surface area contributed by atoms with Crippen molar-refractivity contribution in [1.82, 2.24) is 10.6 Å². The molecule has 0 saturated heterocycles. The molecule has 0 aliphatic heterocycles. The van der Waals surface area contributed by atoms with Crippen LogP contribution in [0.25, 0.3) is 0 Å². The normalized spacial score (nSPS) is 12.1. The van der Waals surface area contributed by atoms with Gasteiger partial charge in [-0.05, 0) is 31.2 Å². The van der Waals surface area contributed by atoms with E-state index in [4.69, 9.17) is 9.84 Å². The highest BCUT2D eigenvalue weighted by Crippen LogP contribution is 2.23. The number of ether oxygens (including phenoxy) is 1. The van der Waals surface area contributed by atoms with Crippen LogP contribution in [0, 0.1) is 11.3 Å². The highest BCUT2D eigenvalue weighted by atomic mass is 16.5. The molecule has 7 nitrogen and oxygen atoms in total. The van der Waals surface area contributed by atoms with Crippen molar-refractivity contribution < 1.29 is 9.84 Å². The van der Waals surface area contributed by atoms with Gasteiger partial charge in [-0.15, -0.1) is 0 Å². The Morgan fingerprint density at radius 1 is 1.38 bits per heavy atom. The molecule has 0 aromatic heterocycles. The molecule has 1 aromatic rings. The van der Waals surface area contributed by atoms with E-state index < -0.39 is 0 Å². The lowest BCUT2D eigenvalue weighted by Gasteiger charge is -2.09. The Bertz CT molecular complexity index is 662. The molecule has 140 valence electrons. The van der Waals surface area contributed by atoms with Crippen LogP contribution in [-0.2, 0) is 0 Å². The first-order chi connectivity index (χ1) is 12.7. The van der Waals surface area contributed by atoms with Crippen LogP contribution in [-0.4, -0.2) is 45.3 Å². The maximum atomic E-state index is 9.36. The SMILES string of the molecule is CN/C(=C\C=N/CNCCCO)C/C(C#N)=C\Nc1ccccc1OC. The van der Waals surface area contributed by atoms with Crippen LogP contribution in [0.1, 0.15) is 12.8 Å². The number of hydrogen-bond acceptors (Lipinski definition) is 7. The number of methoxy groups -OCH3 is 1. The third kappa shape index (κ3) is 8.33. The van der Waals surface area contributed by atoms with Gasteiger partial charge in [-0.1, -0.05) is 12.1 Å². The van der Waals surface area contributed by atoms with Crippen LogP contribution < -0.4 is 20.7 Å². The molecule has 0 radical (unpaired) electrons. The fourth-order valence-corrected chi connectivity index (χ4v) is 2.03. The van der Waals surface area contributed by atoms with E-state index in [1.54, 1.807) is 19.5 Å². The summed E-state index contributed by atoms with van der Waals surface area (Å²) in [6, 6.07) is 9.72. The van der Waals surface area contributed by atoms with Gasteiger partial charge in [0.2, 0.25) is 0 Å². The molecular weight excluding hydrogens is 330 g/mol. The Labute approximate surface area is 155 Å². The van der Waals surface area contributed by atoms with Gasteiger partial charge in [0, 0.05) is 38.2 Å². The average Bonchev–Trinajstić information content (AvgIpc) is 2.69. The monoisotopic (exact) mass is 357 g/mol. The number of para-hydroxylation sites is 2. The summed E-state index contributed by atoms with van der Waals surface area (Å²) in [6.07, 6.45) is 6.38. The van der Waals surface area contributed by atoms with E-state index >= 15 is 0 Å². The number of aliphatic imine (C=N–C) groups is 1. The largest absolute Gasteiger partial charge is 0.495 e. The fraction of sp³-hybridized carbons (Fsp3) is 0.368. The average molecular weight is 357 g/mol. The summed E-state index contributed by atoms with van der Waals surface area (Å²) in [5, 5.41) is 27.3. The fourth-order valence-electron chi connectivity index (χ4n) is 2.03. The standard InChI is InChI=1S/C19H27N5O2/c1-21-17(8-10-23-15-22-9-5-11-25)12-16(13-20)14-24-18-6-3-4-7-19(18)26-2/h3-4,6-8,10,14,21-22,24-25H,5,9,11-12,15H2,1-2H3/b16-14+,17-8-,23-10-. The maximum absolute atomic E-state index is 9.36. The molecule has 0 aliphatic carbocycles. The molecule has 4 N–H and O–H groups in total. The Morgan fingerprint density at radius 3 is 2.88 bits per heavy atom. The number of rotatable bonds is 12. The summed E-state index contributed by atoms with van der Waals surface area (Å²) in [5.41, 5.74) is 2.25. The highest BCUT2D eigenvalue weighted by molar-refractivity contribution is 5.72. The second-order valence-electron chi connectivity index (χ2n) is 5.31. The molecule has 0 heterocycles. The van der Waals surface area contributed by atoms with Gasteiger partial charge >= 0.3 is 0 Å². The van der Waals surface area contributed by atoms with Crippen molar-refractivity contribution in [3.63, 3.8) is 0 Å². The van der Waals surface area contributed by atoms with Gasteiger partial charge in [-0.2, -0.15) is 5.26 Å². The van der Waals surface area contributed by atoms with Crippen molar-refractivity contribution in [3.8, 4) is 11.8 Å². The van der Waals surface area contributed by atoms with E-state index in [2.05, 4.69) is 27.0 Å². The third-order valence-corrected chi connectivity index (χ3v) is 3.45. The minimum atomic E-state index is 0.173. The van der Waals surface area contributed by atoms with E-state index in [-0.39, 0.29) is 6.61 Å². The van der Waals surface area contributed by atoms with E-state index in [1.165, 1.54) is 0 Å². The number of hydrogen-bond donors (Lipinski definition) is 4. The zero-order valence-corrected chi connectivity index (χ0v) is 15.3. The Morgan fingerprint density at radius 2 is 2.19 bits per heavy atom. The van der Waals surface area contributed by atoms with Crippen molar-refractivity contribution >= 4 is 11.9 Å². The number of nitrogens with zero attached hydrogens (tertiary/aromatic N) is 2. The molecule has 0 atom stereocenters. The van der Waals surface area contributed by atoms with Crippen LogP contribution in [0.15, 0.2) is 52.8 Å². The van der Waals surface area contributed by atoms with Gasteiger partial charge in [-0.3, -0.25) is 10.3 Å².